The molecule has 1 rings (SSSR count). The van der Waals surface area contributed by atoms with Gasteiger partial charge in [0.25, 0.3) is 0 Å². The summed E-state index contributed by atoms with van der Waals surface area (Å²) < 4.78 is 0. The van der Waals surface area contributed by atoms with Crippen molar-refractivity contribution in [3.63, 3.8) is 0 Å². The van der Waals surface area contributed by atoms with Crippen LogP contribution in [0.1, 0.15) is 6.92 Å². The van der Waals surface area contributed by atoms with Crippen LogP contribution in [0.5, 0.6) is 0 Å². The topological polar surface area (TPSA) is 69.6 Å². The van der Waals surface area contributed by atoms with E-state index in [-0.39, 0.29) is 0 Å². The van der Waals surface area contributed by atoms with Gasteiger partial charge in [-0.15, -0.1) is 0 Å². The molecule has 4 nitrogen and oxygen atoms in total. The number of nitrogens with one attached hydrogen (secondary N) is 1. The maximum Gasteiger partial charge on any atom is 0.331 e. The molecule has 0 spiro atoms. The highest BCUT2D eigenvalue weighted by Crippen LogP contribution is 2.14. The van der Waals surface area contributed by atoms with Crippen LogP contribution < -0.4 is 5.32 Å². The molecule has 0 aliphatic heterocycles. The molecule has 76 valence electrons. The van der Waals surface area contributed by atoms with Crippen LogP contribution in [0.15, 0.2) is 30.3 Å². The summed E-state index contributed by atoms with van der Waals surface area (Å²) in [5.74, 6) is -1.08. The van der Waals surface area contributed by atoms with Crippen LogP contribution in [0.3, 0.4) is 0 Å². The third kappa shape index (κ3) is 2.23. The summed E-state index contributed by atoms with van der Waals surface area (Å²) in [6, 6.07) is 8.92. The van der Waals surface area contributed by atoms with Crippen LogP contribution in [-0.4, -0.2) is 28.3 Å². The Morgan fingerprint density at radius 1 is 1.43 bits per heavy atom. The fraction of sp³-hybridized carbons (Fsp3) is 0.300. The van der Waals surface area contributed by atoms with E-state index < -0.39 is 18.1 Å². The van der Waals surface area contributed by atoms with Crippen LogP contribution >= 0.6 is 0 Å². The smallest absolute Gasteiger partial charge is 0.331 e. The molecule has 1 aromatic carbocycles. The lowest BCUT2D eigenvalue weighted by molar-refractivity contribution is -0.143. The average Bonchev–Trinajstić information content (AvgIpc) is 2.19. The minimum Gasteiger partial charge on any atom is -0.479 e. The van der Waals surface area contributed by atoms with Gasteiger partial charge in [0.1, 0.15) is 0 Å². The molecule has 0 heterocycles. The largest absolute Gasteiger partial charge is 0.479 e. The Labute approximate surface area is 82.2 Å². The Bertz CT molecular complexity index is 312. The van der Waals surface area contributed by atoms with Crippen molar-refractivity contribution in [2.45, 2.75) is 12.5 Å². The second-order valence-corrected chi connectivity index (χ2v) is 3.29. The van der Waals surface area contributed by atoms with Crippen LogP contribution in [0.4, 0.5) is 5.69 Å². The van der Waals surface area contributed by atoms with E-state index in [0.717, 1.165) is 0 Å². The van der Waals surface area contributed by atoms with Crippen molar-refractivity contribution < 1.29 is 15.0 Å². The summed E-state index contributed by atoms with van der Waals surface area (Å²) in [7, 11) is 0. The van der Waals surface area contributed by atoms with Gasteiger partial charge in [0.05, 0.1) is 6.61 Å². The number of hydrogen-bond donors (Lipinski definition) is 3. The number of rotatable bonds is 4. The van der Waals surface area contributed by atoms with Crippen LogP contribution in [0, 0.1) is 0 Å². The number of aliphatic carboxylic acids is 1. The molecule has 0 amide bonds. The first-order valence-corrected chi connectivity index (χ1v) is 4.26. The number of carboxylic acids is 1. The number of carbonyl (C=O) groups is 1. The Morgan fingerprint density at radius 3 is 2.43 bits per heavy atom. The molecule has 0 saturated carbocycles. The molecule has 0 fully saturated rings. The zero-order valence-electron chi connectivity index (χ0n) is 7.90. The lowest BCUT2D eigenvalue weighted by Gasteiger charge is -2.24. The van der Waals surface area contributed by atoms with Gasteiger partial charge in [-0.3, -0.25) is 0 Å². The SMILES string of the molecule is C[C@@](CO)(Nc1ccccc1)C(=O)O. The quantitative estimate of drug-likeness (QED) is 0.668. The Morgan fingerprint density at radius 2 is 2.00 bits per heavy atom. The zero-order chi connectivity index (χ0) is 10.6. The highest BCUT2D eigenvalue weighted by Gasteiger charge is 2.31. The molecule has 0 aliphatic rings. The number of benzene rings is 1. The molecule has 4 heteroatoms. The van der Waals surface area contributed by atoms with Crippen molar-refractivity contribution in [2.75, 3.05) is 11.9 Å². The minimum atomic E-state index is -1.33. The Hall–Kier alpha value is -1.55. The molecule has 0 bridgehead atoms. The second-order valence-electron chi connectivity index (χ2n) is 3.29. The predicted molar refractivity (Wildman–Crippen MR) is 53.2 cm³/mol. The first-order chi connectivity index (χ1) is 6.58. The highest BCUT2D eigenvalue weighted by atomic mass is 16.4. The average molecular weight is 195 g/mol. The van der Waals surface area contributed by atoms with Crippen LogP contribution in [0.2, 0.25) is 0 Å². The third-order valence-corrected chi connectivity index (χ3v) is 1.98. The summed E-state index contributed by atoms with van der Waals surface area (Å²) >= 11 is 0. The summed E-state index contributed by atoms with van der Waals surface area (Å²) in [4.78, 5) is 10.8. The molecule has 0 radical (unpaired) electrons. The third-order valence-electron chi connectivity index (χ3n) is 1.98. The van der Waals surface area contributed by atoms with E-state index in [9.17, 15) is 4.79 Å². The minimum absolute atomic E-state index is 0.461. The van der Waals surface area contributed by atoms with Gasteiger partial charge in [-0.1, -0.05) is 18.2 Å². The molecule has 0 aromatic heterocycles. The number of hydrogen-bond acceptors (Lipinski definition) is 3. The lowest BCUT2D eigenvalue weighted by Crippen LogP contribution is -2.46. The van der Waals surface area contributed by atoms with Gasteiger partial charge in [0.15, 0.2) is 5.54 Å². The van der Waals surface area contributed by atoms with Crippen molar-refractivity contribution in [1.82, 2.24) is 0 Å². The number of aliphatic hydroxyl groups excluding tert-OH is 1. The van der Waals surface area contributed by atoms with Gasteiger partial charge in [-0.2, -0.15) is 0 Å². The Balaban J connectivity index is 2.81. The molecule has 0 aliphatic carbocycles. The number of carboxylic acid groups (broad SMARTS) is 1. The predicted octanol–water partition coefficient (Wildman–Crippen LogP) is 0.934. The normalized spacial score (nSPS) is 14.4. The summed E-state index contributed by atoms with van der Waals surface area (Å²) in [6.07, 6.45) is 0. The molecule has 0 saturated heterocycles. The van der Waals surface area contributed by atoms with E-state index in [1.54, 1.807) is 24.3 Å². The maximum atomic E-state index is 10.8. The van der Waals surface area contributed by atoms with Gasteiger partial charge in [0, 0.05) is 5.69 Å². The number of aliphatic hydroxyl groups is 1. The highest BCUT2D eigenvalue weighted by molar-refractivity contribution is 5.82. The molecule has 3 N–H and O–H groups in total. The fourth-order valence-electron chi connectivity index (χ4n) is 1.00. The van der Waals surface area contributed by atoms with Crippen molar-refractivity contribution in [3.05, 3.63) is 30.3 Å². The van der Waals surface area contributed by atoms with Gasteiger partial charge >= 0.3 is 5.97 Å². The van der Waals surface area contributed by atoms with Crippen molar-refractivity contribution in [3.8, 4) is 0 Å². The number of para-hydroxylation sites is 1. The molecule has 1 atom stereocenters. The van der Waals surface area contributed by atoms with E-state index in [0.29, 0.717) is 5.69 Å². The summed E-state index contributed by atoms with van der Waals surface area (Å²) in [5.41, 5.74) is -0.659. The van der Waals surface area contributed by atoms with Crippen molar-refractivity contribution in [1.29, 1.82) is 0 Å². The van der Waals surface area contributed by atoms with Gasteiger partial charge in [-0.25, -0.2) is 4.79 Å². The fourth-order valence-corrected chi connectivity index (χ4v) is 1.00. The standard InChI is InChI=1S/C10H13NO3/c1-10(7-12,9(13)14)11-8-5-3-2-4-6-8/h2-6,11-12H,7H2,1H3,(H,13,14)/t10-/m0/s1. The Kier molecular flexibility index (Phi) is 3.09. The van der Waals surface area contributed by atoms with E-state index in [2.05, 4.69) is 5.32 Å². The van der Waals surface area contributed by atoms with E-state index in [1.165, 1.54) is 6.92 Å². The van der Waals surface area contributed by atoms with Crippen molar-refractivity contribution in [2.24, 2.45) is 0 Å². The zero-order valence-corrected chi connectivity index (χ0v) is 7.90. The van der Waals surface area contributed by atoms with Gasteiger partial charge in [0.2, 0.25) is 0 Å². The second kappa shape index (κ2) is 4.11. The first-order valence-electron chi connectivity index (χ1n) is 4.26. The van der Waals surface area contributed by atoms with E-state index in [1.807, 2.05) is 6.07 Å². The maximum absolute atomic E-state index is 10.8. The molecular formula is C10H13NO3. The van der Waals surface area contributed by atoms with Gasteiger partial charge < -0.3 is 15.5 Å². The van der Waals surface area contributed by atoms with E-state index >= 15 is 0 Å². The van der Waals surface area contributed by atoms with Crippen LogP contribution in [0.25, 0.3) is 0 Å². The first kappa shape index (κ1) is 10.5. The molecule has 1 aromatic rings. The van der Waals surface area contributed by atoms with E-state index in [4.69, 9.17) is 10.2 Å². The molecule has 0 unspecified atom stereocenters. The van der Waals surface area contributed by atoms with Crippen LogP contribution in [-0.2, 0) is 4.79 Å². The lowest BCUT2D eigenvalue weighted by atomic mass is 10.0. The number of anilines is 1. The van der Waals surface area contributed by atoms with Gasteiger partial charge in [-0.05, 0) is 19.1 Å². The summed E-state index contributed by atoms with van der Waals surface area (Å²) in [5, 5.41) is 20.6. The molecular weight excluding hydrogens is 182 g/mol. The summed E-state index contributed by atoms with van der Waals surface area (Å²) in [6.45, 7) is 0.972. The van der Waals surface area contributed by atoms with Crippen molar-refractivity contribution >= 4 is 11.7 Å². The monoisotopic (exact) mass is 195 g/mol. The molecule has 14 heavy (non-hydrogen) atoms.